The van der Waals surface area contributed by atoms with Gasteiger partial charge in [-0.1, -0.05) is 30.3 Å². The molecule has 0 aliphatic carbocycles. The highest BCUT2D eigenvalue weighted by molar-refractivity contribution is 7.80. The first-order chi connectivity index (χ1) is 10.9. The van der Waals surface area contributed by atoms with E-state index in [9.17, 15) is 13.2 Å². The van der Waals surface area contributed by atoms with Gasteiger partial charge in [-0.25, -0.2) is 0 Å². The molecule has 0 aromatic heterocycles. The van der Waals surface area contributed by atoms with Gasteiger partial charge in [0.1, 0.15) is 5.75 Å². The Kier molecular flexibility index (Phi) is 5.44. The first-order valence-electron chi connectivity index (χ1n) is 6.75. The summed E-state index contributed by atoms with van der Waals surface area (Å²) in [4.78, 5) is 0. The van der Waals surface area contributed by atoms with Crippen LogP contribution in [0.2, 0.25) is 0 Å². The molecule has 122 valence electrons. The van der Waals surface area contributed by atoms with Gasteiger partial charge in [0.2, 0.25) is 0 Å². The molecule has 0 saturated heterocycles. The van der Waals surface area contributed by atoms with E-state index < -0.39 is 11.7 Å². The number of halogens is 3. The maximum absolute atomic E-state index is 12.9. The maximum atomic E-state index is 12.9. The van der Waals surface area contributed by atoms with Crippen molar-refractivity contribution in [2.24, 2.45) is 0 Å². The molecule has 0 amide bonds. The number of anilines is 1. The molecule has 7 heteroatoms. The van der Waals surface area contributed by atoms with Crippen LogP contribution in [-0.2, 0) is 12.7 Å². The molecule has 0 spiro atoms. The van der Waals surface area contributed by atoms with Gasteiger partial charge >= 0.3 is 6.18 Å². The number of ether oxygens (including phenoxy) is 1. The zero-order valence-corrected chi connectivity index (χ0v) is 13.1. The lowest BCUT2D eigenvalue weighted by molar-refractivity contribution is -0.138. The van der Waals surface area contributed by atoms with Crippen LogP contribution in [0.1, 0.15) is 11.1 Å². The van der Waals surface area contributed by atoms with E-state index in [1.807, 2.05) is 0 Å². The second kappa shape index (κ2) is 7.32. The van der Waals surface area contributed by atoms with Crippen molar-refractivity contribution in [1.29, 1.82) is 0 Å². The number of hydrogen-bond acceptors (Lipinski definition) is 2. The summed E-state index contributed by atoms with van der Waals surface area (Å²) in [5, 5.41) is 5.89. The number of para-hydroxylation sites is 2. The highest BCUT2D eigenvalue weighted by atomic mass is 32.1. The van der Waals surface area contributed by atoms with Gasteiger partial charge in [0.05, 0.1) is 18.4 Å². The van der Waals surface area contributed by atoms with Crippen molar-refractivity contribution in [2.75, 3.05) is 12.4 Å². The number of hydrogen-bond donors (Lipinski definition) is 2. The van der Waals surface area contributed by atoms with E-state index in [1.165, 1.54) is 19.2 Å². The molecule has 0 fully saturated rings. The number of methoxy groups -OCH3 is 1. The lowest BCUT2D eigenvalue weighted by Crippen LogP contribution is -2.29. The fourth-order valence-electron chi connectivity index (χ4n) is 2.04. The molecule has 2 rings (SSSR count). The molecule has 2 N–H and O–H groups in total. The molecular weight excluding hydrogens is 325 g/mol. The molecule has 23 heavy (non-hydrogen) atoms. The van der Waals surface area contributed by atoms with Gasteiger partial charge in [0, 0.05) is 6.54 Å². The topological polar surface area (TPSA) is 33.3 Å². The third kappa shape index (κ3) is 4.59. The Morgan fingerprint density at radius 2 is 1.74 bits per heavy atom. The van der Waals surface area contributed by atoms with Crippen LogP contribution in [0.5, 0.6) is 5.75 Å². The van der Waals surface area contributed by atoms with E-state index in [0.29, 0.717) is 11.4 Å². The first-order valence-corrected chi connectivity index (χ1v) is 7.15. The normalized spacial score (nSPS) is 11.0. The van der Waals surface area contributed by atoms with Crippen LogP contribution in [0, 0.1) is 0 Å². The van der Waals surface area contributed by atoms with Crippen molar-refractivity contribution in [3.8, 4) is 5.75 Å². The van der Waals surface area contributed by atoms with E-state index in [0.717, 1.165) is 6.07 Å². The molecule has 0 saturated carbocycles. The fourth-order valence-corrected chi connectivity index (χ4v) is 2.22. The lowest BCUT2D eigenvalue weighted by atomic mass is 10.1. The third-order valence-electron chi connectivity index (χ3n) is 3.12. The van der Waals surface area contributed by atoms with E-state index in [4.69, 9.17) is 17.0 Å². The van der Waals surface area contributed by atoms with Gasteiger partial charge in [-0.3, -0.25) is 0 Å². The monoisotopic (exact) mass is 340 g/mol. The Morgan fingerprint density at radius 3 is 2.43 bits per heavy atom. The van der Waals surface area contributed by atoms with Gasteiger partial charge < -0.3 is 15.4 Å². The van der Waals surface area contributed by atoms with Crippen molar-refractivity contribution >= 4 is 23.0 Å². The molecule has 0 aliphatic rings. The number of nitrogens with one attached hydrogen (secondary N) is 2. The standard InChI is InChI=1S/C16H15F3N2OS/c1-22-14-9-5-4-8-13(14)21-15(23)20-10-11-6-2-3-7-12(11)16(17,18)19/h2-9H,10H2,1H3,(H2,20,21,23). The Labute approximate surface area is 137 Å². The summed E-state index contributed by atoms with van der Waals surface area (Å²) < 4.78 is 44.0. The van der Waals surface area contributed by atoms with Gasteiger partial charge in [-0.15, -0.1) is 0 Å². The third-order valence-corrected chi connectivity index (χ3v) is 3.36. The predicted molar refractivity (Wildman–Crippen MR) is 87.5 cm³/mol. The zero-order chi connectivity index (χ0) is 16.9. The van der Waals surface area contributed by atoms with E-state index in [1.54, 1.807) is 30.3 Å². The van der Waals surface area contributed by atoms with Crippen LogP contribution < -0.4 is 15.4 Å². The van der Waals surface area contributed by atoms with Crippen molar-refractivity contribution < 1.29 is 17.9 Å². The number of alkyl halides is 3. The van der Waals surface area contributed by atoms with Gasteiger partial charge in [-0.05, 0) is 36.0 Å². The second-order valence-electron chi connectivity index (χ2n) is 4.66. The average molecular weight is 340 g/mol. The molecule has 0 radical (unpaired) electrons. The van der Waals surface area contributed by atoms with Crippen molar-refractivity contribution in [3.63, 3.8) is 0 Å². The summed E-state index contributed by atoms with van der Waals surface area (Å²) in [6, 6.07) is 12.5. The minimum Gasteiger partial charge on any atom is -0.495 e. The SMILES string of the molecule is COc1ccccc1NC(=S)NCc1ccccc1C(F)(F)F. The van der Waals surface area contributed by atoms with Gasteiger partial charge in [0.25, 0.3) is 0 Å². The molecule has 0 bridgehead atoms. The van der Waals surface area contributed by atoms with Crippen LogP contribution >= 0.6 is 12.2 Å². The quantitative estimate of drug-likeness (QED) is 0.818. The molecule has 2 aromatic carbocycles. The molecule has 3 nitrogen and oxygen atoms in total. The van der Waals surface area contributed by atoms with E-state index >= 15 is 0 Å². The highest BCUT2D eigenvalue weighted by Crippen LogP contribution is 2.31. The molecule has 0 unspecified atom stereocenters. The summed E-state index contributed by atoms with van der Waals surface area (Å²) >= 11 is 5.12. The fraction of sp³-hybridized carbons (Fsp3) is 0.188. The molecule has 0 aliphatic heterocycles. The van der Waals surface area contributed by atoms with Crippen LogP contribution in [0.25, 0.3) is 0 Å². The largest absolute Gasteiger partial charge is 0.495 e. The van der Waals surface area contributed by atoms with Crippen LogP contribution in [0.4, 0.5) is 18.9 Å². The van der Waals surface area contributed by atoms with E-state index in [-0.39, 0.29) is 17.2 Å². The lowest BCUT2D eigenvalue weighted by Gasteiger charge is -2.16. The Balaban J connectivity index is 2.03. The molecule has 0 atom stereocenters. The summed E-state index contributed by atoms with van der Waals surface area (Å²) in [6.45, 7) is -0.0311. The summed E-state index contributed by atoms with van der Waals surface area (Å²) in [5.41, 5.74) is 0.0911. The minimum atomic E-state index is -4.39. The number of thiocarbonyl (C=S) groups is 1. The predicted octanol–water partition coefficient (Wildman–Crippen LogP) is 4.20. The summed E-state index contributed by atoms with van der Waals surface area (Å²) in [6.07, 6.45) is -4.39. The molecular formula is C16H15F3N2OS. The minimum absolute atomic E-state index is 0.0311. The highest BCUT2D eigenvalue weighted by Gasteiger charge is 2.32. The Bertz CT molecular complexity index is 689. The van der Waals surface area contributed by atoms with Gasteiger partial charge in [0.15, 0.2) is 5.11 Å². The molecule has 2 aromatic rings. The zero-order valence-electron chi connectivity index (χ0n) is 12.3. The van der Waals surface area contributed by atoms with Crippen molar-refractivity contribution in [2.45, 2.75) is 12.7 Å². The maximum Gasteiger partial charge on any atom is 0.416 e. The summed E-state index contributed by atoms with van der Waals surface area (Å²) in [5.74, 6) is 0.590. The Hall–Kier alpha value is -2.28. The van der Waals surface area contributed by atoms with Crippen molar-refractivity contribution in [3.05, 3.63) is 59.7 Å². The van der Waals surface area contributed by atoms with Gasteiger partial charge in [-0.2, -0.15) is 13.2 Å². The van der Waals surface area contributed by atoms with Crippen molar-refractivity contribution in [1.82, 2.24) is 5.32 Å². The van der Waals surface area contributed by atoms with Crippen LogP contribution in [-0.4, -0.2) is 12.2 Å². The summed E-state index contributed by atoms with van der Waals surface area (Å²) in [7, 11) is 1.52. The number of rotatable bonds is 4. The van der Waals surface area contributed by atoms with Crippen LogP contribution in [0.15, 0.2) is 48.5 Å². The van der Waals surface area contributed by atoms with E-state index in [2.05, 4.69) is 10.6 Å². The number of benzene rings is 2. The molecule has 0 heterocycles. The Morgan fingerprint density at radius 1 is 1.09 bits per heavy atom. The smallest absolute Gasteiger partial charge is 0.416 e. The van der Waals surface area contributed by atoms with Crippen LogP contribution in [0.3, 0.4) is 0 Å². The second-order valence-corrected chi connectivity index (χ2v) is 5.07. The average Bonchev–Trinajstić information content (AvgIpc) is 2.53. The first kappa shape index (κ1) is 17.1.